The zero-order chi connectivity index (χ0) is 12.6. The van der Waals surface area contributed by atoms with Gasteiger partial charge < -0.3 is 9.52 Å². The van der Waals surface area contributed by atoms with E-state index in [2.05, 4.69) is 10.2 Å². The Morgan fingerprint density at radius 3 is 2.89 bits per heavy atom. The first-order valence-electron chi connectivity index (χ1n) is 5.79. The van der Waals surface area contributed by atoms with Crippen molar-refractivity contribution in [1.29, 1.82) is 0 Å². The van der Waals surface area contributed by atoms with Crippen LogP contribution in [0.5, 0.6) is 0 Å². The molecule has 1 aliphatic carbocycles. The molecule has 18 heavy (non-hydrogen) atoms. The zero-order valence-electron chi connectivity index (χ0n) is 9.63. The number of carboxylic acid groups (broad SMARTS) is 1. The molecule has 1 N–H and O–H groups in total. The third kappa shape index (κ3) is 1.92. The average Bonchev–Trinajstić information content (AvgIpc) is 2.81. The van der Waals surface area contributed by atoms with E-state index < -0.39 is 11.4 Å². The molecule has 0 amide bonds. The SMILES string of the molecule is O=C(O)C1(c2nnc(CCc3ccco3)s2)CC1. The number of aliphatic carboxylic acids is 1. The molecule has 5 nitrogen and oxygen atoms in total. The molecule has 2 aromatic rings. The van der Waals surface area contributed by atoms with Gasteiger partial charge in [0.15, 0.2) is 0 Å². The van der Waals surface area contributed by atoms with Gasteiger partial charge in [0.1, 0.15) is 21.2 Å². The van der Waals surface area contributed by atoms with E-state index in [1.807, 2.05) is 12.1 Å². The van der Waals surface area contributed by atoms with Crippen LogP contribution in [0.3, 0.4) is 0 Å². The molecule has 0 aliphatic heterocycles. The second kappa shape index (κ2) is 4.20. The second-order valence-electron chi connectivity index (χ2n) is 4.47. The Labute approximate surface area is 107 Å². The Hall–Kier alpha value is -1.69. The lowest BCUT2D eigenvalue weighted by molar-refractivity contribution is -0.140. The van der Waals surface area contributed by atoms with E-state index in [0.29, 0.717) is 17.8 Å². The van der Waals surface area contributed by atoms with Crippen LogP contribution in [-0.2, 0) is 23.1 Å². The molecule has 0 unspecified atom stereocenters. The van der Waals surface area contributed by atoms with Crippen LogP contribution in [0.1, 0.15) is 28.6 Å². The van der Waals surface area contributed by atoms with Crippen molar-refractivity contribution >= 4 is 17.3 Å². The number of furan rings is 1. The number of nitrogens with zero attached hydrogens (tertiary/aromatic N) is 2. The number of rotatable bonds is 5. The fourth-order valence-electron chi connectivity index (χ4n) is 1.88. The number of aromatic nitrogens is 2. The molecular formula is C12H12N2O3S. The Morgan fingerprint density at radius 2 is 2.28 bits per heavy atom. The predicted molar refractivity (Wildman–Crippen MR) is 64.6 cm³/mol. The molecule has 0 aromatic carbocycles. The van der Waals surface area contributed by atoms with Gasteiger partial charge in [-0.3, -0.25) is 4.79 Å². The molecule has 1 aliphatic rings. The maximum Gasteiger partial charge on any atom is 0.316 e. The molecule has 0 saturated heterocycles. The van der Waals surface area contributed by atoms with Crippen molar-refractivity contribution in [3.05, 3.63) is 34.2 Å². The maximum atomic E-state index is 11.2. The lowest BCUT2D eigenvalue weighted by Gasteiger charge is -2.02. The predicted octanol–water partition coefficient (Wildman–Crippen LogP) is 2.03. The summed E-state index contributed by atoms with van der Waals surface area (Å²) in [5.74, 6) is 0.127. The van der Waals surface area contributed by atoms with Gasteiger partial charge in [0.2, 0.25) is 0 Å². The highest BCUT2D eigenvalue weighted by atomic mass is 32.1. The Morgan fingerprint density at radius 1 is 1.44 bits per heavy atom. The van der Waals surface area contributed by atoms with E-state index in [4.69, 9.17) is 4.42 Å². The zero-order valence-corrected chi connectivity index (χ0v) is 10.4. The van der Waals surface area contributed by atoms with Crippen LogP contribution in [0, 0.1) is 0 Å². The molecule has 0 atom stereocenters. The standard InChI is InChI=1S/C12H12N2O3S/c15-11(16)12(5-6-12)10-14-13-9(18-10)4-3-8-2-1-7-17-8/h1-2,7H,3-6H2,(H,15,16). The highest BCUT2D eigenvalue weighted by molar-refractivity contribution is 7.11. The van der Waals surface area contributed by atoms with Gasteiger partial charge >= 0.3 is 5.97 Å². The molecule has 2 heterocycles. The van der Waals surface area contributed by atoms with E-state index >= 15 is 0 Å². The Balaban J connectivity index is 1.69. The average molecular weight is 264 g/mol. The van der Waals surface area contributed by atoms with Crippen molar-refractivity contribution in [2.45, 2.75) is 31.1 Å². The lowest BCUT2D eigenvalue weighted by Crippen LogP contribution is -2.19. The summed E-state index contributed by atoms with van der Waals surface area (Å²) in [6.45, 7) is 0. The minimum Gasteiger partial charge on any atom is -0.481 e. The van der Waals surface area contributed by atoms with Crippen LogP contribution in [0.15, 0.2) is 22.8 Å². The van der Waals surface area contributed by atoms with Gasteiger partial charge in [-0.2, -0.15) is 0 Å². The van der Waals surface area contributed by atoms with E-state index in [1.54, 1.807) is 6.26 Å². The largest absolute Gasteiger partial charge is 0.481 e. The van der Waals surface area contributed by atoms with Crippen molar-refractivity contribution < 1.29 is 14.3 Å². The first-order valence-corrected chi connectivity index (χ1v) is 6.61. The molecule has 1 saturated carbocycles. The molecule has 94 valence electrons. The monoisotopic (exact) mass is 264 g/mol. The van der Waals surface area contributed by atoms with Crippen LogP contribution >= 0.6 is 11.3 Å². The van der Waals surface area contributed by atoms with Gasteiger partial charge in [0.25, 0.3) is 0 Å². The summed E-state index contributed by atoms with van der Waals surface area (Å²) in [5.41, 5.74) is -0.736. The van der Waals surface area contributed by atoms with Gasteiger partial charge in [-0.25, -0.2) is 0 Å². The van der Waals surface area contributed by atoms with Gasteiger partial charge in [0, 0.05) is 12.8 Å². The second-order valence-corrected chi connectivity index (χ2v) is 5.53. The number of carboxylic acids is 1. The van der Waals surface area contributed by atoms with Crippen molar-refractivity contribution in [2.24, 2.45) is 0 Å². The molecule has 6 heteroatoms. The van der Waals surface area contributed by atoms with E-state index in [-0.39, 0.29) is 0 Å². The third-order valence-electron chi connectivity index (χ3n) is 3.20. The Kier molecular flexibility index (Phi) is 2.66. The molecule has 0 bridgehead atoms. The summed E-state index contributed by atoms with van der Waals surface area (Å²) in [4.78, 5) is 11.2. The summed E-state index contributed by atoms with van der Waals surface area (Å²) in [7, 11) is 0. The van der Waals surface area contributed by atoms with Crippen molar-refractivity contribution in [3.63, 3.8) is 0 Å². The number of hydrogen-bond donors (Lipinski definition) is 1. The van der Waals surface area contributed by atoms with Crippen LogP contribution < -0.4 is 0 Å². The van der Waals surface area contributed by atoms with Gasteiger partial charge in [0.05, 0.1) is 6.26 Å². The minimum absolute atomic E-state index is 0.643. The fourth-order valence-corrected chi connectivity index (χ4v) is 2.95. The van der Waals surface area contributed by atoms with Crippen LogP contribution in [0.2, 0.25) is 0 Å². The van der Waals surface area contributed by atoms with Crippen molar-refractivity contribution in [1.82, 2.24) is 10.2 Å². The van der Waals surface area contributed by atoms with Crippen LogP contribution in [-0.4, -0.2) is 21.3 Å². The molecule has 2 aromatic heterocycles. The van der Waals surface area contributed by atoms with E-state index in [9.17, 15) is 9.90 Å². The number of hydrogen-bond acceptors (Lipinski definition) is 5. The minimum atomic E-state index is -0.781. The third-order valence-corrected chi connectivity index (χ3v) is 4.39. The number of carbonyl (C=O) groups is 1. The van der Waals surface area contributed by atoms with Crippen LogP contribution in [0.4, 0.5) is 0 Å². The summed E-state index contributed by atoms with van der Waals surface area (Å²) in [6.07, 6.45) is 4.50. The Bertz CT molecular complexity index is 558. The lowest BCUT2D eigenvalue weighted by atomic mass is 10.1. The summed E-state index contributed by atoms with van der Waals surface area (Å²) < 4.78 is 5.24. The normalized spacial score (nSPS) is 16.7. The molecular weight excluding hydrogens is 252 g/mol. The van der Waals surface area contributed by atoms with Gasteiger partial charge in [-0.1, -0.05) is 0 Å². The fraction of sp³-hybridized carbons (Fsp3) is 0.417. The summed E-state index contributed by atoms with van der Waals surface area (Å²) in [6, 6.07) is 3.77. The maximum absolute atomic E-state index is 11.2. The summed E-state index contributed by atoms with van der Waals surface area (Å²) >= 11 is 1.41. The number of aryl methyl sites for hydroxylation is 2. The van der Waals surface area contributed by atoms with Crippen molar-refractivity contribution in [2.75, 3.05) is 0 Å². The smallest absolute Gasteiger partial charge is 0.316 e. The van der Waals surface area contributed by atoms with Crippen LogP contribution in [0.25, 0.3) is 0 Å². The molecule has 3 rings (SSSR count). The summed E-state index contributed by atoms with van der Waals surface area (Å²) in [5, 5.41) is 18.8. The van der Waals surface area contributed by atoms with E-state index in [1.165, 1.54) is 11.3 Å². The topological polar surface area (TPSA) is 76.2 Å². The molecule has 0 radical (unpaired) electrons. The highest BCUT2D eigenvalue weighted by Gasteiger charge is 2.54. The first-order chi connectivity index (χ1) is 8.71. The molecule has 0 spiro atoms. The highest BCUT2D eigenvalue weighted by Crippen LogP contribution is 2.49. The van der Waals surface area contributed by atoms with E-state index in [0.717, 1.165) is 23.6 Å². The van der Waals surface area contributed by atoms with Crippen molar-refractivity contribution in [3.8, 4) is 0 Å². The van der Waals surface area contributed by atoms with Gasteiger partial charge in [-0.15, -0.1) is 21.5 Å². The molecule has 1 fully saturated rings. The quantitative estimate of drug-likeness (QED) is 0.894. The van der Waals surface area contributed by atoms with Gasteiger partial charge in [-0.05, 0) is 25.0 Å². The first kappa shape index (κ1) is 11.4.